The molecule has 0 spiro atoms. The van der Waals surface area contributed by atoms with Crippen molar-refractivity contribution < 1.29 is 5.11 Å². The molecule has 0 amide bonds. The van der Waals surface area contributed by atoms with E-state index in [1.807, 2.05) is 6.07 Å². The number of aliphatic hydroxyl groups is 1. The minimum atomic E-state index is -0.426. The van der Waals surface area contributed by atoms with Gasteiger partial charge in [-0.05, 0) is 30.7 Å². The van der Waals surface area contributed by atoms with Crippen molar-refractivity contribution in [2.24, 2.45) is 0 Å². The van der Waals surface area contributed by atoms with Crippen LogP contribution in [0.5, 0.6) is 0 Å². The van der Waals surface area contributed by atoms with Crippen LogP contribution < -0.4 is 5.32 Å². The third-order valence-corrected chi connectivity index (χ3v) is 4.89. The zero-order valence-corrected chi connectivity index (χ0v) is 14.8. The molecule has 0 bridgehead atoms. The summed E-state index contributed by atoms with van der Waals surface area (Å²) in [7, 11) is 0. The second kappa shape index (κ2) is 7.73. The SMILES string of the molecule is O[C@@H](CNCCc1ccccc1)Cn1c2ccccc2c2ccccc21. The first-order valence-corrected chi connectivity index (χ1v) is 9.21. The molecule has 0 aliphatic rings. The largest absolute Gasteiger partial charge is 0.390 e. The summed E-state index contributed by atoms with van der Waals surface area (Å²) in [5.74, 6) is 0. The molecule has 3 aromatic carbocycles. The quantitative estimate of drug-likeness (QED) is 0.498. The summed E-state index contributed by atoms with van der Waals surface area (Å²) in [6.07, 6.45) is 0.549. The number of hydrogen-bond acceptors (Lipinski definition) is 2. The highest BCUT2D eigenvalue weighted by Gasteiger charge is 2.12. The topological polar surface area (TPSA) is 37.2 Å². The van der Waals surface area contributed by atoms with Crippen LogP contribution in [0.25, 0.3) is 21.8 Å². The molecule has 0 aliphatic heterocycles. The molecule has 132 valence electrons. The first kappa shape index (κ1) is 16.8. The monoisotopic (exact) mass is 344 g/mol. The summed E-state index contributed by atoms with van der Waals surface area (Å²) in [6.45, 7) is 2.05. The van der Waals surface area contributed by atoms with Crippen LogP contribution in [-0.4, -0.2) is 28.9 Å². The van der Waals surface area contributed by atoms with E-state index in [4.69, 9.17) is 0 Å². The number of aromatic nitrogens is 1. The number of fused-ring (bicyclic) bond motifs is 3. The smallest absolute Gasteiger partial charge is 0.0843 e. The van der Waals surface area contributed by atoms with E-state index in [2.05, 4.69) is 82.7 Å². The fourth-order valence-electron chi connectivity index (χ4n) is 3.62. The molecular formula is C23H24N2O. The van der Waals surface area contributed by atoms with Crippen molar-refractivity contribution >= 4 is 21.8 Å². The minimum Gasteiger partial charge on any atom is -0.390 e. The molecule has 4 rings (SSSR count). The van der Waals surface area contributed by atoms with Gasteiger partial charge in [-0.1, -0.05) is 66.7 Å². The first-order chi connectivity index (χ1) is 12.8. The number of aliphatic hydroxyl groups excluding tert-OH is 1. The second-order valence-corrected chi connectivity index (χ2v) is 6.74. The van der Waals surface area contributed by atoms with Gasteiger partial charge in [0.2, 0.25) is 0 Å². The van der Waals surface area contributed by atoms with E-state index >= 15 is 0 Å². The van der Waals surface area contributed by atoms with Gasteiger partial charge in [0.15, 0.2) is 0 Å². The Labute approximate surface area is 153 Å². The van der Waals surface area contributed by atoms with Gasteiger partial charge in [0.25, 0.3) is 0 Å². The van der Waals surface area contributed by atoms with Gasteiger partial charge in [-0.15, -0.1) is 0 Å². The predicted molar refractivity (Wildman–Crippen MR) is 108 cm³/mol. The average Bonchev–Trinajstić information content (AvgIpc) is 3.00. The number of benzene rings is 3. The molecule has 1 aromatic heterocycles. The van der Waals surface area contributed by atoms with Crippen molar-refractivity contribution in [1.29, 1.82) is 0 Å². The summed E-state index contributed by atoms with van der Waals surface area (Å²) < 4.78 is 2.23. The Bertz CT molecular complexity index is 938. The molecule has 0 unspecified atom stereocenters. The lowest BCUT2D eigenvalue weighted by Gasteiger charge is -2.15. The zero-order valence-electron chi connectivity index (χ0n) is 14.8. The van der Waals surface area contributed by atoms with E-state index in [0.717, 1.165) is 13.0 Å². The highest BCUT2D eigenvalue weighted by molar-refractivity contribution is 6.07. The Morgan fingerprint density at radius 2 is 1.35 bits per heavy atom. The number of rotatable bonds is 7. The Balaban J connectivity index is 1.43. The number of para-hydroxylation sites is 2. The first-order valence-electron chi connectivity index (χ1n) is 9.21. The van der Waals surface area contributed by atoms with Crippen LogP contribution in [0.3, 0.4) is 0 Å². The Morgan fingerprint density at radius 3 is 2.00 bits per heavy atom. The molecule has 0 aliphatic carbocycles. The van der Waals surface area contributed by atoms with Gasteiger partial charge in [0.05, 0.1) is 12.6 Å². The van der Waals surface area contributed by atoms with Crippen LogP contribution in [0.4, 0.5) is 0 Å². The zero-order chi connectivity index (χ0) is 17.8. The van der Waals surface area contributed by atoms with E-state index in [9.17, 15) is 5.11 Å². The summed E-state index contributed by atoms with van der Waals surface area (Å²) in [4.78, 5) is 0. The molecule has 0 saturated heterocycles. The third kappa shape index (κ3) is 3.50. The van der Waals surface area contributed by atoms with Crippen molar-refractivity contribution in [3.63, 3.8) is 0 Å². The van der Waals surface area contributed by atoms with Crippen LogP contribution >= 0.6 is 0 Å². The molecule has 1 atom stereocenters. The van der Waals surface area contributed by atoms with Crippen LogP contribution in [0.15, 0.2) is 78.9 Å². The van der Waals surface area contributed by atoms with Gasteiger partial charge < -0.3 is 15.0 Å². The van der Waals surface area contributed by atoms with Crippen molar-refractivity contribution in [2.45, 2.75) is 19.1 Å². The number of nitrogens with zero attached hydrogens (tertiary/aromatic N) is 1. The molecule has 26 heavy (non-hydrogen) atoms. The van der Waals surface area contributed by atoms with E-state index in [0.29, 0.717) is 13.1 Å². The number of nitrogens with one attached hydrogen (secondary N) is 1. The summed E-state index contributed by atoms with van der Waals surface area (Å²) in [6, 6.07) is 27.2. The third-order valence-electron chi connectivity index (χ3n) is 4.89. The average molecular weight is 344 g/mol. The molecule has 4 aromatic rings. The lowest BCUT2D eigenvalue weighted by molar-refractivity contribution is 0.154. The maximum atomic E-state index is 10.6. The molecule has 0 radical (unpaired) electrons. The van der Waals surface area contributed by atoms with Gasteiger partial charge in [-0.2, -0.15) is 0 Å². The maximum Gasteiger partial charge on any atom is 0.0843 e. The van der Waals surface area contributed by atoms with E-state index in [1.165, 1.54) is 27.4 Å². The predicted octanol–water partition coefficient (Wildman–Crippen LogP) is 3.99. The molecule has 1 heterocycles. The van der Waals surface area contributed by atoms with E-state index in [1.54, 1.807) is 0 Å². The fourth-order valence-corrected chi connectivity index (χ4v) is 3.62. The van der Waals surface area contributed by atoms with E-state index < -0.39 is 6.10 Å². The lowest BCUT2D eigenvalue weighted by atomic mass is 10.1. The van der Waals surface area contributed by atoms with Gasteiger partial charge in [-0.3, -0.25) is 0 Å². The standard InChI is InChI=1S/C23H24N2O/c26-19(16-24-15-14-18-8-2-1-3-9-18)17-25-22-12-6-4-10-20(22)21-11-5-7-13-23(21)25/h1-13,19,24,26H,14-17H2/t19-/m0/s1. The van der Waals surface area contributed by atoms with Gasteiger partial charge >= 0.3 is 0 Å². The van der Waals surface area contributed by atoms with Crippen LogP contribution in [-0.2, 0) is 13.0 Å². The van der Waals surface area contributed by atoms with Gasteiger partial charge in [0.1, 0.15) is 0 Å². The van der Waals surface area contributed by atoms with Crippen LogP contribution in [0, 0.1) is 0 Å². The summed E-state index contributed by atoms with van der Waals surface area (Å²) in [5.41, 5.74) is 3.67. The molecule has 0 fully saturated rings. The number of hydrogen-bond donors (Lipinski definition) is 2. The van der Waals surface area contributed by atoms with Crippen LogP contribution in [0.1, 0.15) is 5.56 Å². The summed E-state index contributed by atoms with van der Waals surface area (Å²) >= 11 is 0. The Hall–Kier alpha value is -2.62. The Morgan fingerprint density at radius 1 is 0.769 bits per heavy atom. The fraction of sp³-hybridized carbons (Fsp3) is 0.217. The molecule has 3 nitrogen and oxygen atoms in total. The minimum absolute atomic E-state index is 0.426. The Kier molecular flexibility index (Phi) is 5.00. The lowest BCUT2D eigenvalue weighted by Crippen LogP contribution is -2.31. The van der Waals surface area contributed by atoms with Crippen molar-refractivity contribution in [1.82, 2.24) is 9.88 Å². The molecule has 3 heteroatoms. The van der Waals surface area contributed by atoms with Crippen molar-refractivity contribution in [3.8, 4) is 0 Å². The van der Waals surface area contributed by atoms with Gasteiger partial charge in [-0.25, -0.2) is 0 Å². The maximum absolute atomic E-state index is 10.6. The molecule has 0 saturated carbocycles. The highest BCUT2D eigenvalue weighted by atomic mass is 16.3. The second-order valence-electron chi connectivity index (χ2n) is 6.74. The molecular weight excluding hydrogens is 320 g/mol. The van der Waals surface area contributed by atoms with Crippen molar-refractivity contribution in [2.75, 3.05) is 13.1 Å². The molecule has 2 N–H and O–H groups in total. The van der Waals surface area contributed by atoms with Crippen LogP contribution in [0.2, 0.25) is 0 Å². The van der Waals surface area contributed by atoms with E-state index in [-0.39, 0.29) is 0 Å². The normalized spacial score (nSPS) is 12.7. The summed E-state index contributed by atoms with van der Waals surface area (Å²) in [5, 5.41) is 16.4. The highest BCUT2D eigenvalue weighted by Crippen LogP contribution is 2.28. The van der Waals surface area contributed by atoms with Gasteiger partial charge in [0, 0.05) is 28.4 Å². The van der Waals surface area contributed by atoms with Crippen molar-refractivity contribution in [3.05, 3.63) is 84.4 Å².